The summed E-state index contributed by atoms with van der Waals surface area (Å²) in [5.41, 5.74) is 1.44. The van der Waals surface area contributed by atoms with Crippen molar-refractivity contribution in [3.05, 3.63) is 53.1 Å². The van der Waals surface area contributed by atoms with Crippen LogP contribution >= 0.6 is 0 Å². The summed E-state index contributed by atoms with van der Waals surface area (Å²) >= 11 is 0. The maximum atomic E-state index is 15.2. The van der Waals surface area contributed by atoms with Crippen LogP contribution in [-0.2, 0) is 21.2 Å². The van der Waals surface area contributed by atoms with E-state index in [0.717, 1.165) is 19.2 Å². The Morgan fingerprint density at radius 1 is 1.22 bits per heavy atom. The molecule has 2 N–H and O–H groups in total. The molecule has 0 fully saturated rings. The minimum absolute atomic E-state index is 0.00117. The molecule has 0 saturated heterocycles. The molecule has 2 aromatic rings. The highest BCUT2D eigenvalue weighted by molar-refractivity contribution is 7.92. The monoisotopic (exact) mass is 468 g/mol. The third kappa shape index (κ3) is 3.93. The molecule has 0 bridgehead atoms. The molecule has 172 valence electrons. The Bertz CT molecular complexity index is 1200. The van der Waals surface area contributed by atoms with Gasteiger partial charge < -0.3 is 9.64 Å². The number of hydrogen-bond donors (Lipinski definition) is 2. The molecule has 1 aliphatic rings. The van der Waals surface area contributed by atoms with Crippen LogP contribution in [0.5, 0.6) is 5.75 Å². The third-order valence-electron chi connectivity index (χ3n) is 5.84. The lowest BCUT2D eigenvalue weighted by Crippen LogP contribution is -2.50. The summed E-state index contributed by atoms with van der Waals surface area (Å²) in [5, 5.41) is 8.92. The predicted molar refractivity (Wildman–Crippen MR) is 111 cm³/mol. The van der Waals surface area contributed by atoms with Crippen LogP contribution in [0.1, 0.15) is 29.3 Å². The minimum atomic E-state index is -3.95. The molecule has 8 nitrogen and oxygen atoms in total. The van der Waals surface area contributed by atoms with Crippen molar-refractivity contribution >= 4 is 21.7 Å². The second kappa shape index (κ2) is 8.47. The van der Waals surface area contributed by atoms with Crippen LogP contribution in [-0.4, -0.2) is 55.0 Å². The summed E-state index contributed by atoms with van der Waals surface area (Å²) in [6.07, 6.45) is 0.525. The van der Waals surface area contributed by atoms with Gasteiger partial charge in [-0.15, -0.1) is 0 Å². The number of nitrogens with one attached hydrogen (secondary N) is 1. The summed E-state index contributed by atoms with van der Waals surface area (Å²) in [6, 6.07) is 6.67. The van der Waals surface area contributed by atoms with Gasteiger partial charge in [0.25, 0.3) is 11.8 Å². The lowest BCUT2D eigenvalue weighted by molar-refractivity contribution is -0.131. The zero-order valence-electron chi connectivity index (χ0n) is 17.6. The Kier molecular flexibility index (Phi) is 6.25. The molecule has 0 unspecified atom stereocenters. The van der Waals surface area contributed by atoms with E-state index in [1.165, 1.54) is 41.8 Å². The molecule has 0 aromatic heterocycles. The van der Waals surface area contributed by atoms with Gasteiger partial charge in [-0.25, -0.2) is 22.7 Å². The molecule has 0 spiro atoms. The number of carbonyl (C=O) groups is 2. The van der Waals surface area contributed by atoms with Crippen LogP contribution in [0.2, 0.25) is 0 Å². The molecule has 2 amide bonds. The number of sulfone groups is 1. The van der Waals surface area contributed by atoms with Crippen molar-refractivity contribution in [3.8, 4) is 16.9 Å². The largest absolute Gasteiger partial charge is 0.497 e. The second-order valence-corrected chi connectivity index (χ2v) is 10.2. The number of fused-ring (bicyclic) bond motifs is 1. The summed E-state index contributed by atoms with van der Waals surface area (Å²) in [4.78, 5) is 25.9. The van der Waals surface area contributed by atoms with Gasteiger partial charge in [0.05, 0.1) is 7.11 Å². The van der Waals surface area contributed by atoms with Crippen LogP contribution in [0.25, 0.3) is 11.1 Å². The van der Waals surface area contributed by atoms with Gasteiger partial charge in [0.2, 0.25) is 0 Å². The van der Waals surface area contributed by atoms with Crippen LogP contribution < -0.4 is 10.2 Å². The van der Waals surface area contributed by atoms with Gasteiger partial charge in [-0.1, -0.05) is 6.07 Å². The predicted octanol–water partition coefficient (Wildman–Crippen LogP) is 2.29. The van der Waals surface area contributed by atoms with Crippen molar-refractivity contribution in [2.75, 3.05) is 19.9 Å². The number of rotatable bonds is 7. The van der Waals surface area contributed by atoms with E-state index < -0.39 is 38.0 Å². The molecule has 0 saturated carbocycles. The van der Waals surface area contributed by atoms with Gasteiger partial charge in [-0.3, -0.25) is 14.8 Å². The SMILES string of the molecule is COc1ccc(-c2ccc3c(c2F)CN(CC[C@](C)(C(=O)NO)S(C)(=O)=O)C3=O)c(F)c1. The number of methoxy groups -OCH3 is 1. The van der Waals surface area contributed by atoms with Crippen LogP contribution in [0.4, 0.5) is 8.78 Å². The molecule has 11 heteroatoms. The van der Waals surface area contributed by atoms with E-state index in [0.29, 0.717) is 0 Å². The number of hydroxylamine groups is 1. The molecule has 1 heterocycles. The molecule has 1 aliphatic heterocycles. The molecule has 1 atom stereocenters. The van der Waals surface area contributed by atoms with Gasteiger partial charge in [-0.2, -0.15) is 0 Å². The van der Waals surface area contributed by atoms with E-state index in [-0.39, 0.29) is 47.5 Å². The summed E-state index contributed by atoms with van der Waals surface area (Å²) in [5.74, 6) is -2.85. The van der Waals surface area contributed by atoms with Gasteiger partial charge in [0, 0.05) is 47.7 Å². The van der Waals surface area contributed by atoms with E-state index in [1.807, 2.05) is 0 Å². The molecule has 3 rings (SSSR count). The zero-order valence-corrected chi connectivity index (χ0v) is 18.4. The third-order valence-corrected chi connectivity index (χ3v) is 7.86. The van der Waals surface area contributed by atoms with Crippen molar-refractivity contribution in [1.82, 2.24) is 10.4 Å². The van der Waals surface area contributed by atoms with Crippen molar-refractivity contribution < 1.29 is 36.7 Å². The van der Waals surface area contributed by atoms with Crippen LogP contribution in [0.3, 0.4) is 0 Å². The van der Waals surface area contributed by atoms with E-state index in [2.05, 4.69) is 0 Å². The van der Waals surface area contributed by atoms with E-state index in [9.17, 15) is 22.4 Å². The fourth-order valence-electron chi connectivity index (χ4n) is 3.57. The van der Waals surface area contributed by atoms with Gasteiger partial charge in [0.1, 0.15) is 17.4 Å². The first-order valence-corrected chi connectivity index (χ1v) is 11.4. The van der Waals surface area contributed by atoms with Crippen molar-refractivity contribution in [2.24, 2.45) is 0 Å². The van der Waals surface area contributed by atoms with Gasteiger partial charge in [0.15, 0.2) is 14.6 Å². The minimum Gasteiger partial charge on any atom is -0.497 e. The number of hydrogen-bond acceptors (Lipinski definition) is 6. The molecule has 0 aliphatic carbocycles. The van der Waals surface area contributed by atoms with Gasteiger partial charge >= 0.3 is 0 Å². The standard InChI is InChI=1S/C21H22F2N2O6S/c1-21(20(27)24-28,32(3,29)30)8-9-25-11-16-15(19(25)26)7-6-14(18(16)23)13-5-4-12(31-2)10-17(13)22/h4-7,10,28H,8-9,11H2,1-3H3,(H,24,27)/t21-/m1/s1. The molecular weight excluding hydrogens is 446 g/mol. The Balaban J connectivity index is 1.89. The molecule has 32 heavy (non-hydrogen) atoms. The Morgan fingerprint density at radius 2 is 1.84 bits per heavy atom. The Morgan fingerprint density at radius 3 is 2.41 bits per heavy atom. The second-order valence-electron chi connectivity index (χ2n) is 7.72. The average Bonchev–Trinajstić information content (AvgIpc) is 3.07. The lowest BCUT2D eigenvalue weighted by Gasteiger charge is -2.27. The smallest absolute Gasteiger partial charge is 0.264 e. The van der Waals surface area contributed by atoms with Crippen molar-refractivity contribution in [1.29, 1.82) is 0 Å². The quantitative estimate of drug-likeness (QED) is 0.476. The number of nitrogens with zero attached hydrogens (tertiary/aromatic N) is 1. The number of benzene rings is 2. The highest BCUT2D eigenvalue weighted by Gasteiger charge is 2.44. The Labute approximate surface area is 183 Å². The topological polar surface area (TPSA) is 113 Å². The van der Waals surface area contributed by atoms with Crippen molar-refractivity contribution in [2.45, 2.75) is 24.6 Å². The van der Waals surface area contributed by atoms with Crippen molar-refractivity contribution in [3.63, 3.8) is 0 Å². The normalized spacial score (nSPS) is 15.3. The summed E-state index contributed by atoms with van der Waals surface area (Å²) < 4.78 is 56.9. The van der Waals surface area contributed by atoms with E-state index >= 15 is 4.39 Å². The molecule has 2 aromatic carbocycles. The highest BCUT2D eigenvalue weighted by atomic mass is 32.2. The summed E-state index contributed by atoms with van der Waals surface area (Å²) in [6.45, 7) is 0.773. The first-order chi connectivity index (χ1) is 14.9. The average molecular weight is 468 g/mol. The first kappa shape index (κ1) is 23.6. The van der Waals surface area contributed by atoms with Gasteiger partial charge in [-0.05, 0) is 31.5 Å². The fourth-order valence-corrected chi connectivity index (χ4v) is 4.42. The molecule has 0 radical (unpaired) electrons. The Hall–Kier alpha value is -3.05. The molecular formula is C21H22F2N2O6S. The number of amides is 2. The van der Waals surface area contributed by atoms with E-state index in [1.54, 1.807) is 0 Å². The zero-order chi connectivity index (χ0) is 23.8. The van der Waals surface area contributed by atoms with Crippen LogP contribution in [0, 0.1) is 11.6 Å². The number of carbonyl (C=O) groups excluding carboxylic acids is 2. The maximum Gasteiger partial charge on any atom is 0.264 e. The fraction of sp³-hybridized carbons (Fsp3) is 0.333. The number of ether oxygens (including phenoxy) is 1. The van der Waals surface area contributed by atoms with Crippen LogP contribution in [0.15, 0.2) is 30.3 Å². The van der Waals surface area contributed by atoms with E-state index in [4.69, 9.17) is 9.94 Å². The first-order valence-electron chi connectivity index (χ1n) is 9.53. The highest BCUT2D eigenvalue weighted by Crippen LogP contribution is 2.35. The lowest BCUT2D eigenvalue weighted by atomic mass is 9.99. The number of halogens is 2. The summed E-state index contributed by atoms with van der Waals surface area (Å²) in [7, 11) is -2.57. The maximum absolute atomic E-state index is 15.2.